The summed E-state index contributed by atoms with van der Waals surface area (Å²) in [6.07, 6.45) is 3.58. The first kappa shape index (κ1) is 15.8. The number of rotatable bonds is 8. The number of allylic oxidation sites excluding steroid dienone is 3. The molecule has 0 saturated carbocycles. The number of unbranched alkanes of at least 4 members (excludes halogenated alkanes) is 2. The fourth-order valence-corrected chi connectivity index (χ4v) is 1.64. The van der Waals surface area contributed by atoms with Crippen LogP contribution in [0.25, 0.3) is 0 Å². The predicted molar refractivity (Wildman–Crippen MR) is 72.0 cm³/mol. The first-order valence-electron chi connectivity index (χ1n) is 6.80. The lowest BCUT2D eigenvalue weighted by Gasteiger charge is -2.25. The van der Waals surface area contributed by atoms with Crippen molar-refractivity contribution in [1.82, 2.24) is 0 Å². The standard InChI is InChI=1S/C15H18N2O3/c1-3-5-7-19-14-12(11(9-16)10-17)13(18)15(14)20-8-6-4-2/h3-8H2,1-2H3. The van der Waals surface area contributed by atoms with Gasteiger partial charge in [-0.2, -0.15) is 10.5 Å². The fraction of sp³-hybridized carbons (Fsp3) is 0.533. The number of hydrogen-bond acceptors (Lipinski definition) is 5. The van der Waals surface area contributed by atoms with Crippen molar-refractivity contribution in [2.24, 2.45) is 0 Å². The van der Waals surface area contributed by atoms with E-state index in [9.17, 15) is 4.79 Å². The maximum absolute atomic E-state index is 11.9. The molecule has 106 valence electrons. The molecule has 5 nitrogen and oxygen atoms in total. The molecule has 0 heterocycles. The Labute approximate surface area is 119 Å². The van der Waals surface area contributed by atoms with Gasteiger partial charge < -0.3 is 9.47 Å². The Kier molecular flexibility index (Phi) is 6.32. The van der Waals surface area contributed by atoms with Crippen LogP contribution in [-0.2, 0) is 14.3 Å². The summed E-state index contributed by atoms with van der Waals surface area (Å²) in [5.41, 5.74) is -0.165. The molecule has 5 heteroatoms. The Morgan fingerprint density at radius 2 is 1.50 bits per heavy atom. The van der Waals surface area contributed by atoms with Crippen LogP contribution in [0.4, 0.5) is 0 Å². The molecule has 1 rings (SSSR count). The molecule has 0 unspecified atom stereocenters. The lowest BCUT2D eigenvalue weighted by molar-refractivity contribution is -0.118. The highest BCUT2D eigenvalue weighted by molar-refractivity contribution is 6.19. The highest BCUT2D eigenvalue weighted by Crippen LogP contribution is 2.34. The van der Waals surface area contributed by atoms with Crippen LogP contribution in [0.2, 0.25) is 0 Å². The lowest BCUT2D eigenvalue weighted by atomic mass is 9.91. The lowest BCUT2D eigenvalue weighted by Crippen LogP contribution is -2.28. The Hall–Kier alpha value is -2.27. The van der Waals surface area contributed by atoms with E-state index >= 15 is 0 Å². The quantitative estimate of drug-likeness (QED) is 0.386. The molecule has 1 aliphatic rings. The SMILES string of the molecule is CCCCOC1=C(OCCCC)C(=C(C#N)C#N)C1=O. The van der Waals surface area contributed by atoms with Crippen LogP contribution in [0.15, 0.2) is 22.7 Å². The van der Waals surface area contributed by atoms with Crippen molar-refractivity contribution >= 4 is 5.78 Å². The Bertz CT molecular complexity index is 502. The van der Waals surface area contributed by atoms with Gasteiger partial charge >= 0.3 is 0 Å². The third-order valence-corrected chi connectivity index (χ3v) is 2.83. The third-order valence-electron chi connectivity index (χ3n) is 2.83. The van der Waals surface area contributed by atoms with Crippen molar-refractivity contribution in [3.8, 4) is 12.1 Å². The molecular formula is C15H18N2O3. The molecule has 0 aliphatic heterocycles. The second kappa shape index (κ2) is 8.01. The summed E-state index contributed by atoms with van der Waals surface area (Å²) in [6.45, 7) is 4.91. The van der Waals surface area contributed by atoms with Crippen molar-refractivity contribution in [2.45, 2.75) is 39.5 Å². The Morgan fingerprint density at radius 1 is 1.00 bits per heavy atom. The van der Waals surface area contributed by atoms with Crippen molar-refractivity contribution in [3.63, 3.8) is 0 Å². The number of ketones is 1. The van der Waals surface area contributed by atoms with Crippen LogP contribution in [0, 0.1) is 22.7 Å². The van der Waals surface area contributed by atoms with Crippen LogP contribution in [0.3, 0.4) is 0 Å². The van der Waals surface area contributed by atoms with Crippen molar-refractivity contribution < 1.29 is 14.3 Å². The average molecular weight is 274 g/mol. The highest BCUT2D eigenvalue weighted by Gasteiger charge is 2.40. The molecule has 0 aromatic heterocycles. The number of hydrogen-bond donors (Lipinski definition) is 0. The monoisotopic (exact) mass is 274 g/mol. The van der Waals surface area contributed by atoms with Gasteiger partial charge in [-0.3, -0.25) is 4.79 Å². The Morgan fingerprint density at radius 3 is 1.95 bits per heavy atom. The molecule has 0 bridgehead atoms. The van der Waals surface area contributed by atoms with Crippen LogP contribution in [0.1, 0.15) is 39.5 Å². The van der Waals surface area contributed by atoms with E-state index in [2.05, 4.69) is 0 Å². The van der Waals surface area contributed by atoms with Gasteiger partial charge in [0.15, 0.2) is 5.76 Å². The largest absolute Gasteiger partial charge is 0.489 e. The van der Waals surface area contributed by atoms with Crippen molar-refractivity contribution in [3.05, 3.63) is 22.7 Å². The molecule has 1 aliphatic carbocycles. The van der Waals surface area contributed by atoms with E-state index in [1.807, 2.05) is 13.8 Å². The summed E-state index contributed by atoms with van der Waals surface area (Å²) in [5, 5.41) is 17.7. The van der Waals surface area contributed by atoms with Gasteiger partial charge in [-0.25, -0.2) is 0 Å². The summed E-state index contributed by atoms with van der Waals surface area (Å²) in [4.78, 5) is 11.9. The highest BCUT2D eigenvalue weighted by atomic mass is 16.5. The van der Waals surface area contributed by atoms with Gasteiger partial charge in [-0.1, -0.05) is 26.7 Å². The van der Waals surface area contributed by atoms with E-state index in [1.54, 1.807) is 12.1 Å². The summed E-state index contributed by atoms with van der Waals surface area (Å²) in [5.74, 6) is -0.00379. The van der Waals surface area contributed by atoms with Gasteiger partial charge in [0.2, 0.25) is 11.5 Å². The molecule has 0 amide bonds. The minimum absolute atomic E-state index is 0.0533. The zero-order chi connectivity index (χ0) is 15.0. The number of nitrogens with zero attached hydrogens (tertiary/aromatic N) is 2. The predicted octanol–water partition coefficient (Wildman–Crippen LogP) is 2.76. The summed E-state index contributed by atoms with van der Waals surface area (Å²) in [6, 6.07) is 3.44. The van der Waals surface area contributed by atoms with Gasteiger partial charge in [0, 0.05) is 0 Å². The number of nitriles is 2. The summed E-state index contributed by atoms with van der Waals surface area (Å²) in [7, 11) is 0. The van der Waals surface area contributed by atoms with Crippen LogP contribution >= 0.6 is 0 Å². The van der Waals surface area contributed by atoms with Gasteiger partial charge in [-0.15, -0.1) is 0 Å². The van der Waals surface area contributed by atoms with E-state index < -0.39 is 5.78 Å². The zero-order valence-electron chi connectivity index (χ0n) is 11.9. The zero-order valence-corrected chi connectivity index (χ0v) is 11.9. The van der Waals surface area contributed by atoms with E-state index in [0.717, 1.165) is 25.7 Å². The normalized spacial score (nSPS) is 13.4. The van der Waals surface area contributed by atoms with Crippen molar-refractivity contribution in [2.75, 3.05) is 13.2 Å². The topological polar surface area (TPSA) is 83.1 Å². The second-order valence-corrected chi connectivity index (χ2v) is 4.37. The van der Waals surface area contributed by atoms with Gasteiger partial charge in [0.1, 0.15) is 23.3 Å². The molecule has 0 N–H and O–H groups in total. The fourth-order valence-electron chi connectivity index (χ4n) is 1.64. The minimum atomic E-state index is -0.411. The average Bonchev–Trinajstić information content (AvgIpc) is 2.47. The summed E-state index contributed by atoms with van der Waals surface area (Å²) >= 11 is 0. The molecule has 0 fully saturated rings. The molecule has 20 heavy (non-hydrogen) atoms. The van der Waals surface area contributed by atoms with E-state index in [0.29, 0.717) is 13.2 Å². The first-order valence-corrected chi connectivity index (χ1v) is 6.80. The molecule has 0 radical (unpaired) electrons. The molecule has 0 saturated heterocycles. The smallest absolute Gasteiger partial charge is 0.237 e. The molecule has 0 atom stereocenters. The molecular weight excluding hydrogens is 256 g/mol. The van der Waals surface area contributed by atoms with E-state index in [1.165, 1.54) is 0 Å². The number of carbonyl (C=O) groups excluding carboxylic acids is 1. The van der Waals surface area contributed by atoms with E-state index in [-0.39, 0.29) is 22.7 Å². The molecule has 0 aromatic rings. The maximum Gasteiger partial charge on any atom is 0.237 e. The third kappa shape index (κ3) is 3.39. The number of carbonyl (C=O) groups is 1. The number of ether oxygens (including phenoxy) is 2. The van der Waals surface area contributed by atoms with Crippen LogP contribution < -0.4 is 0 Å². The van der Waals surface area contributed by atoms with Gasteiger partial charge in [0.25, 0.3) is 0 Å². The van der Waals surface area contributed by atoms with Crippen LogP contribution in [-0.4, -0.2) is 19.0 Å². The minimum Gasteiger partial charge on any atom is -0.489 e. The van der Waals surface area contributed by atoms with Crippen molar-refractivity contribution in [1.29, 1.82) is 10.5 Å². The number of Topliss-reactive ketones (excluding diaryl/α,β-unsaturated/α-hetero) is 1. The van der Waals surface area contributed by atoms with Crippen LogP contribution in [0.5, 0.6) is 0 Å². The van der Waals surface area contributed by atoms with Gasteiger partial charge in [0.05, 0.1) is 13.2 Å². The second-order valence-electron chi connectivity index (χ2n) is 4.37. The summed E-state index contributed by atoms with van der Waals surface area (Å²) < 4.78 is 10.9. The Balaban J connectivity index is 2.94. The van der Waals surface area contributed by atoms with Gasteiger partial charge in [-0.05, 0) is 12.8 Å². The maximum atomic E-state index is 11.9. The first-order chi connectivity index (χ1) is 9.71. The molecule has 0 aromatic carbocycles. The van der Waals surface area contributed by atoms with E-state index in [4.69, 9.17) is 20.0 Å². The molecule has 0 spiro atoms.